The lowest BCUT2D eigenvalue weighted by molar-refractivity contribution is -0.115. The maximum atomic E-state index is 11.9. The second-order valence-electron chi connectivity index (χ2n) is 5.98. The summed E-state index contributed by atoms with van der Waals surface area (Å²) in [4.78, 5) is 12.4. The Kier molecular flexibility index (Phi) is 4.80. The first-order valence-electron chi connectivity index (χ1n) is 8.42. The van der Waals surface area contributed by atoms with Crippen LogP contribution in [-0.2, 0) is 11.4 Å². The molecule has 134 valence electrons. The third-order valence-corrected chi connectivity index (χ3v) is 4.92. The van der Waals surface area contributed by atoms with E-state index in [4.69, 9.17) is 10.1 Å². The summed E-state index contributed by atoms with van der Waals surface area (Å²) in [5.41, 5.74) is 2.84. The van der Waals surface area contributed by atoms with Crippen LogP contribution in [0.5, 0.6) is 5.75 Å². The molecule has 2 N–H and O–H groups in total. The molecule has 2 heterocycles. The summed E-state index contributed by atoms with van der Waals surface area (Å²) in [6.45, 7) is 0.432. The van der Waals surface area contributed by atoms with Crippen molar-refractivity contribution in [1.29, 1.82) is 5.41 Å². The van der Waals surface area contributed by atoms with Gasteiger partial charge in [0.25, 0.3) is 5.91 Å². The summed E-state index contributed by atoms with van der Waals surface area (Å²) in [6, 6.07) is 19.7. The van der Waals surface area contributed by atoms with E-state index in [0.717, 1.165) is 28.6 Å². The Morgan fingerprint density at radius 2 is 1.85 bits per heavy atom. The molecule has 0 radical (unpaired) electrons. The molecule has 4 rings (SSSR count). The predicted octanol–water partition coefficient (Wildman–Crippen LogP) is 4.19. The summed E-state index contributed by atoms with van der Waals surface area (Å²) in [5, 5.41) is 10.2. The van der Waals surface area contributed by atoms with Gasteiger partial charge >= 0.3 is 0 Å². The van der Waals surface area contributed by atoms with Crippen molar-refractivity contribution in [3.05, 3.63) is 89.1 Å². The molecule has 1 amide bonds. The van der Waals surface area contributed by atoms with Gasteiger partial charge in [-0.05, 0) is 47.7 Å². The summed E-state index contributed by atoms with van der Waals surface area (Å²) >= 11 is 1.12. The monoisotopic (exact) mass is 375 g/mol. The minimum atomic E-state index is -0.256. The molecular formula is C21H17N3O2S. The Hall–Kier alpha value is -3.25. The lowest BCUT2D eigenvalue weighted by Gasteiger charge is -2.12. The molecular weight excluding hydrogens is 358 g/mol. The lowest BCUT2D eigenvalue weighted by atomic mass is 10.1. The van der Waals surface area contributed by atoms with Crippen LogP contribution < -0.4 is 10.1 Å². The van der Waals surface area contributed by atoms with Crippen molar-refractivity contribution in [1.82, 2.24) is 9.88 Å². The number of nitrogens with one attached hydrogen (secondary N) is 2. The highest BCUT2D eigenvalue weighted by Crippen LogP contribution is 2.30. The molecule has 2 aromatic carbocycles. The van der Waals surface area contributed by atoms with Crippen molar-refractivity contribution in [3.8, 4) is 11.4 Å². The van der Waals surface area contributed by atoms with Crippen molar-refractivity contribution in [2.24, 2.45) is 0 Å². The smallest absolute Gasteiger partial charge is 0.264 e. The Balaban J connectivity index is 1.68. The van der Waals surface area contributed by atoms with Crippen LogP contribution in [0.2, 0.25) is 0 Å². The quantitative estimate of drug-likeness (QED) is 0.657. The Morgan fingerprint density at radius 3 is 2.56 bits per heavy atom. The number of hydrogen-bond acceptors (Lipinski definition) is 4. The standard InChI is InChI=1S/C21H17N3O2S/c22-21-23-20(25)19(27-21)12-16-8-9-17(24-10-4-5-11-24)13-18(16)26-14-15-6-2-1-3-7-15/h1-13H,14H2,(H2,22,23,25). The molecule has 0 spiro atoms. The van der Waals surface area contributed by atoms with E-state index in [0.29, 0.717) is 17.3 Å². The zero-order chi connectivity index (χ0) is 18.6. The fraction of sp³-hybridized carbons (Fsp3) is 0.0476. The lowest BCUT2D eigenvalue weighted by Crippen LogP contribution is -2.18. The normalized spacial score (nSPS) is 15.2. The van der Waals surface area contributed by atoms with Gasteiger partial charge in [0.05, 0.1) is 4.91 Å². The van der Waals surface area contributed by atoms with Crippen LogP contribution in [0.25, 0.3) is 11.8 Å². The first kappa shape index (κ1) is 17.2. The van der Waals surface area contributed by atoms with Crippen molar-refractivity contribution in [2.75, 3.05) is 0 Å². The maximum absolute atomic E-state index is 11.9. The van der Waals surface area contributed by atoms with E-state index in [-0.39, 0.29) is 11.1 Å². The Labute approximate surface area is 161 Å². The molecule has 0 saturated carbocycles. The van der Waals surface area contributed by atoms with Crippen LogP contribution in [0.15, 0.2) is 78.0 Å². The molecule has 5 nitrogen and oxygen atoms in total. The van der Waals surface area contributed by atoms with Gasteiger partial charge in [0.2, 0.25) is 0 Å². The highest BCUT2D eigenvalue weighted by atomic mass is 32.2. The van der Waals surface area contributed by atoms with E-state index >= 15 is 0 Å². The highest BCUT2D eigenvalue weighted by Gasteiger charge is 2.22. The zero-order valence-electron chi connectivity index (χ0n) is 14.4. The molecule has 1 fully saturated rings. The average molecular weight is 375 g/mol. The maximum Gasteiger partial charge on any atom is 0.264 e. The minimum Gasteiger partial charge on any atom is -0.488 e. The molecule has 0 unspecified atom stereocenters. The number of amidine groups is 1. The van der Waals surface area contributed by atoms with Crippen LogP contribution in [0.3, 0.4) is 0 Å². The molecule has 0 atom stereocenters. The first-order chi connectivity index (χ1) is 13.2. The number of amides is 1. The molecule has 0 aliphatic carbocycles. The van der Waals surface area contributed by atoms with E-state index in [1.54, 1.807) is 6.08 Å². The van der Waals surface area contributed by atoms with Crippen molar-refractivity contribution < 1.29 is 9.53 Å². The number of rotatable bonds is 5. The topological polar surface area (TPSA) is 67.1 Å². The largest absolute Gasteiger partial charge is 0.488 e. The van der Waals surface area contributed by atoms with Gasteiger partial charge in [-0.2, -0.15) is 0 Å². The Bertz CT molecular complexity index is 1010. The SMILES string of the molecule is N=C1NC(=O)C(=Cc2ccc(-n3cccc3)cc2OCc2ccccc2)S1. The number of nitrogens with zero attached hydrogens (tertiary/aromatic N) is 1. The second-order valence-corrected chi connectivity index (χ2v) is 7.03. The highest BCUT2D eigenvalue weighted by molar-refractivity contribution is 8.18. The van der Waals surface area contributed by atoms with Gasteiger partial charge in [-0.1, -0.05) is 30.3 Å². The summed E-state index contributed by atoms with van der Waals surface area (Å²) < 4.78 is 8.08. The van der Waals surface area contributed by atoms with E-state index in [1.165, 1.54) is 0 Å². The summed E-state index contributed by atoms with van der Waals surface area (Å²) in [6.07, 6.45) is 5.70. The molecule has 1 aromatic heterocycles. The fourth-order valence-corrected chi connectivity index (χ4v) is 3.45. The third-order valence-electron chi connectivity index (χ3n) is 4.09. The minimum absolute atomic E-state index is 0.141. The summed E-state index contributed by atoms with van der Waals surface area (Å²) in [5.74, 6) is 0.429. The first-order valence-corrected chi connectivity index (χ1v) is 9.24. The van der Waals surface area contributed by atoms with E-state index in [1.807, 2.05) is 77.6 Å². The molecule has 1 saturated heterocycles. The molecule has 3 aromatic rings. The Morgan fingerprint density at radius 1 is 1.07 bits per heavy atom. The van der Waals surface area contributed by atoms with Crippen LogP contribution >= 0.6 is 11.8 Å². The van der Waals surface area contributed by atoms with Gasteiger partial charge in [0.1, 0.15) is 12.4 Å². The average Bonchev–Trinajstić information content (AvgIpc) is 3.32. The van der Waals surface area contributed by atoms with Gasteiger partial charge in [-0.3, -0.25) is 10.2 Å². The molecule has 27 heavy (non-hydrogen) atoms. The third kappa shape index (κ3) is 3.96. The van der Waals surface area contributed by atoms with Crippen molar-refractivity contribution in [2.45, 2.75) is 6.61 Å². The molecule has 1 aliphatic heterocycles. The number of aromatic nitrogens is 1. The van der Waals surface area contributed by atoms with Crippen LogP contribution in [-0.4, -0.2) is 15.6 Å². The number of hydrogen-bond donors (Lipinski definition) is 2. The van der Waals surface area contributed by atoms with E-state index in [9.17, 15) is 4.79 Å². The van der Waals surface area contributed by atoms with E-state index < -0.39 is 0 Å². The molecule has 1 aliphatic rings. The van der Waals surface area contributed by atoms with Gasteiger partial charge in [0, 0.05) is 29.7 Å². The molecule has 0 bridgehead atoms. The van der Waals surface area contributed by atoms with Gasteiger partial charge in [-0.15, -0.1) is 0 Å². The second kappa shape index (κ2) is 7.55. The van der Waals surface area contributed by atoms with Crippen LogP contribution in [0, 0.1) is 5.41 Å². The van der Waals surface area contributed by atoms with Gasteiger partial charge in [-0.25, -0.2) is 0 Å². The predicted molar refractivity (Wildman–Crippen MR) is 108 cm³/mol. The summed E-state index contributed by atoms with van der Waals surface area (Å²) in [7, 11) is 0. The van der Waals surface area contributed by atoms with Gasteiger partial charge in [0.15, 0.2) is 5.17 Å². The van der Waals surface area contributed by atoms with Crippen LogP contribution in [0.1, 0.15) is 11.1 Å². The number of carbonyl (C=O) groups is 1. The van der Waals surface area contributed by atoms with E-state index in [2.05, 4.69) is 5.32 Å². The number of benzene rings is 2. The molecule has 6 heteroatoms. The zero-order valence-corrected chi connectivity index (χ0v) is 15.2. The number of carbonyl (C=O) groups excluding carboxylic acids is 1. The number of thioether (sulfide) groups is 1. The van der Waals surface area contributed by atoms with Crippen molar-refractivity contribution in [3.63, 3.8) is 0 Å². The van der Waals surface area contributed by atoms with Gasteiger partial charge < -0.3 is 14.6 Å². The number of ether oxygens (including phenoxy) is 1. The van der Waals surface area contributed by atoms with Crippen LogP contribution in [0.4, 0.5) is 0 Å². The fourth-order valence-electron chi connectivity index (χ4n) is 2.75. The van der Waals surface area contributed by atoms with Crippen molar-refractivity contribution >= 4 is 28.9 Å².